The number of nitrogens with zero attached hydrogens (tertiary/aromatic N) is 1. The second-order valence-electron chi connectivity index (χ2n) is 6.45. The maximum atomic E-state index is 13.5. The number of anilines is 1. The quantitative estimate of drug-likeness (QED) is 0.185. The van der Waals surface area contributed by atoms with Crippen LogP contribution in [0.25, 0.3) is 0 Å². The Bertz CT molecular complexity index is 1030. The number of nitrogens with one attached hydrogen (secondary N) is 2. The predicted octanol–water partition coefficient (Wildman–Crippen LogP) is 3.25. The smallest absolute Gasteiger partial charge is 0.344 e. The summed E-state index contributed by atoms with van der Waals surface area (Å²) >= 11 is 2.02. The van der Waals surface area contributed by atoms with E-state index in [1.807, 2.05) is 22.6 Å². The van der Waals surface area contributed by atoms with Gasteiger partial charge in [-0.1, -0.05) is 12.1 Å². The van der Waals surface area contributed by atoms with Crippen LogP contribution < -0.4 is 20.2 Å². The van der Waals surface area contributed by atoms with Crippen molar-refractivity contribution in [2.45, 2.75) is 19.8 Å². The summed E-state index contributed by atoms with van der Waals surface area (Å²) < 4.78 is 29.8. The summed E-state index contributed by atoms with van der Waals surface area (Å²) in [6.45, 7) is 1.71. The van der Waals surface area contributed by atoms with Gasteiger partial charge < -0.3 is 19.5 Å². The molecule has 11 heteroatoms. The highest BCUT2D eigenvalue weighted by Gasteiger charge is 2.14. The first-order valence-corrected chi connectivity index (χ1v) is 10.9. The van der Waals surface area contributed by atoms with Gasteiger partial charge in [0.15, 0.2) is 18.1 Å². The number of para-hydroxylation sites is 1. The Morgan fingerprint density at radius 3 is 2.58 bits per heavy atom. The number of hydrogen-bond acceptors (Lipinski definition) is 7. The van der Waals surface area contributed by atoms with Gasteiger partial charge in [0.1, 0.15) is 5.82 Å². The van der Waals surface area contributed by atoms with Crippen LogP contribution in [0.4, 0.5) is 10.1 Å². The van der Waals surface area contributed by atoms with Crippen LogP contribution in [-0.4, -0.2) is 44.3 Å². The lowest BCUT2D eigenvalue weighted by Crippen LogP contribution is -2.21. The van der Waals surface area contributed by atoms with Crippen LogP contribution in [0.5, 0.6) is 11.5 Å². The number of amides is 2. The van der Waals surface area contributed by atoms with Crippen LogP contribution in [0.15, 0.2) is 41.5 Å². The molecule has 0 fully saturated rings. The van der Waals surface area contributed by atoms with Gasteiger partial charge in [-0.05, 0) is 59.3 Å². The van der Waals surface area contributed by atoms with E-state index in [0.29, 0.717) is 20.6 Å². The first-order valence-electron chi connectivity index (χ1n) is 9.86. The van der Waals surface area contributed by atoms with E-state index in [1.165, 1.54) is 31.5 Å². The van der Waals surface area contributed by atoms with E-state index in [4.69, 9.17) is 14.2 Å². The monoisotopic (exact) mass is 571 g/mol. The Morgan fingerprint density at radius 1 is 1.15 bits per heavy atom. The molecule has 9 nitrogen and oxygen atoms in total. The maximum Gasteiger partial charge on any atom is 0.344 e. The van der Waals surface area contributed by atoms with Crippen molar-refractivity contribution < 1.29 is 33.0 Å². The van der Waals surface area contributed by atoms with Crippen molar-refractivity contribution >= 4 is 52.3 Å². The molecule has 0 saturated heterocycles. The molecular weight excluding hydrogens is 548 g/mol. The number of benzene rings is 2. The summed E-state index contributed by atoms with van der Waals surface area (Å²) in [5.74, 6) is -1.26. The minimum absolute atomic E-state index is 0.0548. The number of hydrogen-bond donors (Lipinski definition) is 2. The molecule has 0 heterocycles. The molecule has 0 aliphatic rings. The summed E-state index contributed by atoms with van der Waals surface area (Å²) in [5.41, 5.74) is 2.99. The number of hydrazone groups is 1. The molecule has 0 atom stereocenters. The van der Waals surface area contributed by atoms with Crippen LogP contribution >= 0.6 is 22.6 Å². The zero-order chi connectivity index (χ0) is 24.2. The van der Waals surface area contributed by atoms with Gasteiger partial charge in [-0.15, -0.1) is 0 Å². The molecule has 2 N–H and O–H groups in total. The lowest BCUT2D eigenvalue weighted by Gasteiger charge is -2.13. The average molecular weight is 571 g/mol. The molecule has 0 bridgehead atoms. The summed E-state index contributed by atoms with van der Waals surface area (Å²) in [4.78, 5) is 35.3. The van der Waals surface area contributed by atoms with Crippen molar-refractivity contribution in [2.75, 3.05) is 25.6 Å². The molecule has 2 rings (SSSR count). The lowest BCUT2D eigenvalue weighted by molar-refractivity contribution is -0.145. The standard InChI is InChI=1S/C22H23FIN3O6/c1-3-32-21(30)13-33-22-16(24)10-14(11-18(22)31-2)12-25-27-20(29)9-8-19(28)26-17-7-5-4-6-15(17)23/h4-7,10-12H,3,8-9,13H2,1-2H3,(H,26,28)(H,27,29). The summed E-state index contributed by atoms with van der Waals surface area (Å²) in [5, 5.41) is 6.28. The molecule has 0 saturated carbocycles. The Labute approximate surface area is 203 Å². The molecule has 0 aliphatic heterocycles. The molecule has 0 aliphatic carbocycles. The SMILES string of the molecule is CCOC(=O)COc1c(I)cc(C=NNC(=O)CCC(=O)Nc2ccccc2F)cc1OC. The van der Waals surface area contributed by atoms with E-state index in [2.05, 4.69) is 15.8 Å². The number of methoxy groups -OCH3 is 1. The van der Waals surface area contributed by atoms with Crippen LogP contribution in [0.3, 0.4) is 0 Å². The number of rotatable bonds is 11. The van der Waals surface area contributed by atoms with E-state index >= 15 is 0 Å². The van der Waals surface area contributed by atoms with Crippen molar-refractivity contribution in [3.8, 4) is 11.5 Å². The maximum absolute atomic E-state index is 13.5. The Morgan fingerprint density at radius 2 is 1.88 bits per heavy atom. The number of carbonyl (C=O) groups is 3. The van der Waals surface area contributed by atoms with Gasteiger partial charge >= 0.3 is 5.97 Å². The minimum Gasteiger partial charge on any atom is -0.493 e. The van der Waals surface area contributed by atoms with E-state index < -0.39 is 23.6 Å². The number of carbonyl (C=O) groups excluding carboxylic acids is 3. The van der Waals surface area contributed by atoms with Crippen LogP contribution in [-0.2, 0) is 19.1 Å². The van der Waals surface area contributed by atoms with Crippen molar-refractivity contribution in [3.05, 3.63) is 51.3 Å². The molecule has 0 spiro atoms. The molecule has 0 unspecified atom stereocenters. The van der Waals surface area contributed by atoms with Crippen molar-refractivity contribution in [3.63, 3.8) is 0 Å². The Hall–Kier alpha value is -3.22. The fourth-order valence-corrected chi connectivity index (χ4v) is 3.31. The normalized spacial score (nSPS) is 10.5. The first-order chi connectivity index (χ1) is 15.8. The van der Waals surface area contributed by atoms with E-state index in [1.54, 1.807) is 25.1 Å². The zero-order valence-electron chi connectivity index (χ0n) is 18.0. The average Bonchev–Trinajstić information content (AvgIpc) is 2.78. The molecule has 0 radical (unpaired) electrons. The Kier molecular flexibility index (Phi) is 10.5. The predicted molar refractivity (Wildman–Crippen MR) is 128 cm³/mol. The molecule has 176 valence electrons. The zero-order valence-corrected chi connectivity index (χ0v) is 20.2. The number of ether oxygens (including phenoxy) is 3. The van der Waals surface area contributed by atoms with Crippen molar-refractivity contribution in [1.82, 2.24) is 5.43 Å². The van der Waals surface area contributed by atoms with Crippen LogP contribution in [0.1, 0.15) is 25.3 Å². The van der Waals surface area contributed by atoms with E-state index in [0.717, 1.165) is 0 Å². The second kappa shape index (κ2) is 13.4. The van der Waals surface area contributed by atoms with E-state index in [-0.39, 0.29) is 31.7 Å². The third kappa shape index (κ3) is 8.67. The van der Waals surface area contributed by atoms with Crippen molar-refractivity contribution in [1.29, 1.82) is 0 Å². The fraction of sp³-hybridized carbons (Fsp3) is 0.273. The summed E-state index contributed by atoms with van der Waals surface area (Å²) in [6.07, 6.45) is 1.14. The molecule has 33 heavy (non-hydrogen) atoms. The highest BCUT2D eigenvalue weighted by molar-refractivity contribution is 14.1. The fourth-order valence-electron chi connectivity index (χ4n) is 2.53. The molecular formula is C22H23FIN3O6. The van der Waals surface area contributed by atoms with Crippen molar-refractivity contribution in [2.24, 2.45) is 5.10 Å². The topological polar surface area (TPSA) is 115 Å². The van der Waals surface area contributed by atoms with Gasteiger partial charge in [-0.3, -0.25) is 9.59 Å². The van der Waals surface area contributed by atoms with E-state index in [9.17, 15) is 18.8 Å². The van der Waals surface area contributed by atoms with Gasteiger partial charge in [0.05, 0.1) is 29.2 Å². The third-order valence-corrected chi connectivity index (χ3v) is 4.82. The van der Waals surface area contributed by atoms with Gasteiger partial charge in [0, 0.05) is 12.8 Å². The summed E-state index contributed by atoms with van der Waals surface area (Å²) in [7, 11) is 1.46. The lowest BCUT2D eigenvalue weighted by atomic mass is 10.2. The summed E-state index contributed by atoms with van der Waals surface area (Å²) in [6, 6.07) is 9.11. The van der Waals surface area contributed by atoms with Crippen LogP contribution in [0, 0.1) is 9.39 Å². The minimum atomic E-state index is -0.553. The van der Waals surface area contributed by atoms with Crippen LogP contribution in [0.2, 0.25) is 0 Å². The third-order valence-electron chi connectivity index (χ3n) is 4.02. The Balaban J connectivity index is 1.87. The first kappa shape index (κ1) is 26.0. The molecule has 0 aromatic heterocycles. The second-order valence-corrected chi connectivity index (χ2v) is 7.61. The molecule has 2 aromatic rings. The largest absolute Gasteiger partial charge is 0.493 e. The van der Waals surface area contributed by atoms with Gasteiger partial charge in [-0.2, -0.15) is 5.10 Å². The van der Waals surface area contributed by atoms with Gasteiger partial charge in [0.25, 0.3) is 0 Å². The molecule has 2 amide bonds. The number of esters is 1. The molecule has 2 aromatic carbocycles. The van der Waals surface area contributed by atoms with Gasteiger partial charge in [0.2, 0.25) is 11.8 Å². The van der Waals surface area contributed by atoms with Gasteiger partial charge in [-0.25, -0.2) is 14.6 Å². The highest BCUT2D eigenvalue weighted by atomic mass is 127. The number of halogens is 2. The highest BCUT2D eigenvalue weighted by Crippen LogP contribution is 2.33.